The highest BCUT2D eigenvalue weighted by atomic mass is 127. The summed E-state index contributed by atoms with van der Waals surface area (Å²) >= 11 is 1.45. The molecule has 0 radical (unpaired) electrons. The van der Waals surface area contributed by atoms with Crippen LogP contribution < -0.4 is 15.5 Å². The summed E-state index contributed by atoms with van der Waals surface area (Å²) < 4.78 is 0. The number of carbonyl (C=O) groups is 1. The summed E-state index contributed by atoms with van der Waals surface area (Å²) in [6.07, 6.45) is 4.38. The fraction of sp³-hybridized carbons (Fsp3) is 0.444. The Bertz CT molecular complexity index is 734. The van der Waals surface area contributed by atoms with Crippen LogP contribution in [0.25, 0.3) is 0 Å². The van der Waals surface area contributed by atoms with Gasteiger partial charge in [0.15, 0.2) is 5.96 Å². The largest absolute Gasteiger partial charge is 0.356 e. The molecule has 1 fully saturated rings. The van der Waals surface area contributed by atoms with E-state index < -0.39 is 0 Å². The van der Waals surface area contributed by atoms with Crippen molar-refractivity contribution in [1.29, 1.82) is 0 Å². The minimum atomic E-state index is -0.00589. The number of hydrogen-bond donors (Lipinski definition) is 2. The Labute approximate surface area is 186 Å². The molecule has 0 bridgehead atoms. The van der Waals surface area contributed by atoms with Crippen molar-refractivity contribution in [2.45, 2.75) is 6.42 Å². The third-order valence-corrected chi connectivity index (χ3v) is 5.16. The van der Waals surface area contributed by atoms with Crippen molar-refractivity contribution in [2.75, 3.05) is 51.2 Å². The molecule has 1 amide bonds. The first kappa shape index (κ1) is 22.3. The zero-order chi connectivity index (χ0) is 18.9. The van der Waals surface area contributed by atoms with Crippen molar-refractivity contribution in [3.8, 4) is 0 Å². The summed E-state index contributed by atoms with van der Waals surface area (Å²) in [5, 5.41) is 8.22. The van der Waals surface area contributed by atoms with Gasteiger partial charge in [0.25, 0.3) is 5.91 Å². The van der Waals surface area contributed by atoms with Crippen LogP contribution in [0.15, 0.2) is 41.0 Å². The molecule has 10 heteroatoms. The number of nitrogens with zero attached hydrogens (tertiary/aromatic N) is 5. The number of guanidine groups is 1. The number of anilines is 1. The van der Waals surface area contributed by atoms with Crippen molar-refractivity contribution in [2.24, 2.45) is 4.99 Å². The second kappa shape index (κ2) is 11.8. The Morgan fingerprint density at radius 1 is 1.14 bits per heavy atom. The van der Waals surface area contributed by atoms with Gasteiger partial charge in [0.1, 0.15) is 0 Å². The maximum absolute atomic E-state index is 11.9. The van der Waals surface area contributed by atoms with E-state index >= 15 is 0 Å². The molecule has 0 aromatic carbocycles. The number of halogens is 1. The molecular formula is C18H26IN7OS. The molecule has 28 heavy (non-hydrogen) atoms. The van der Waals surface area contributed by atoms with Crippen LogP contribution in [0.3, 0.4) is 0 Å². The van der Waals surface area contributed by atoms with E-state index in [9.17, 15) is 4.79 Å². The average Bonchev–Trinajstić information content (AvgIpc) is 3.26. The highest BCUT2D eigenvalue weighted by Crippen LogP contribution is 2.10. The molecule has 3 heterocycles. The van der Waals surface area contributed by atoms with E-state index in [4.69, 9.17) is 0 Å². The van der Waals surface area contributed by atoms with Gasteiger partial charge >= 0.3 is 0 Å². The molecule has 0 spiro atoms. The van der Waals surface area contributed by atoms with Crippen molar-refractivity contribution in [1.82, 2.24) is 25.5 Å². The van der Waals surface area contributed by atoms with Gasteiger partial charge in [-0.3, -0.25) is 9.79 Å². The second-order valence-electron chi connectivity index (χ2n) is 6.08. The van der Waals surface area contributed by atoms with Gasteiger partial charge in [0, 0.05) is 58.7 Å². The van der Waals surface area contributed by atoms with Gasteiger partial charge in [-0.15, -0.1) is 35.3 Å². The first-order chi connectivity index (χ1) is 13.3. The molecule has 0 saturated carbocycles. The lowest BCUT2D eigenvalue weighted by atomic mass is 10.3. The summed E-state index contributed by atoms with van der Waals surface area (Å²) in [5.74, 6) is 1.67. The highest BCUT2D eigenvalue weighted by Gasteiger charge is 2.20. The topological polar surface area (TPSA) is 85.8 Å². The Balaban J connectivity index is 0.00000280. The second-order valence-corrected chi connectivity index (χ2v) is 7.03. The fourth-order valence-electron chi connectivity index (χ4n) is 2.89. The predicted molar refractivity (Wildman–Crippen MR) is 124 cm³/mol. The van der Waals surface area contributed by atoms with E-state index in [1.54, 1.807) is 19.4 Å². The lowest BCUT2D eigenvalue weighted by Gasteiger charge is -2.36. The number of thiophene rings is 1. The fourth-order valence-corrected chi connectivity index (χ4v) is 3.53. The number of hydrogen-bond acceptors (Lipinski definition) is 6. The summed E-state index contributed by atoms with van der Waals surface area (Å²) in [6, 6.07) is 5.55. The van der Waals surface area contributed by atoms with E-state index in [0.717, 1.165) is 55.9 Å². The Hall–Kier alpha value is -1.95. The smallest absolute Gasteiger partial charge is 0.261 e. The van der Waals surface area contributed by atoms with Gasteiger partial charge < -0.3 is 20.4 Å². The third kappa shape index (κ3) is 6.30. The summed E-state index contributed by atoms with van der Waals surface area (Å²) in [7, 11) is 1.80. The Kier molecular flexibility index (Phi) is 9.41. The predicted octanol–water partition coefficient (Wildman–Crippen LogP) is 1.67. The molecule has 2 aromatic rings. The zero-order valence-corrected chi connectivity index (χ0v) is 19.0. The van der Waals surface area contributed by atoms with Crippen LogP contribution in [0.2, 0.25) is 0 Å². The zero-order valence-electron chi connectivity index (χ0n) is 15.9. The number of nitrogens with one attached hydrogen (secondary N) is 2. The number of carbonyl (C=O) groups excluding carboxylic acids is 1. The van der Waals surface area contributed by atoms with Gasteiger partial charge in [0.05, 0.1) is 4.88 Å². The van der Waals surface area contributed by atoms with Crippen LogP contribution >= 0.6 is 35.3 Å². The standard InChI is InChI=1S/C18H25N7OS.HI/c1-19-17(21-7-3-6-20-16(26)15-5-2-14-27-15)24-10-12-25(13-11-24)18-22-8-4-9-23-18;/h2,4-5,8-9,14H,3,6-7,10-13H2,1H3,(H,19,21)(H,20,26);1H. The number of amides is 1. The van der Waals surface area contributed by atoms with Crippen molar-refractivity contribution in [3.63, 3.8) is 0 Å². The van der Waals surface area contributed by atoms with Crippen molar-refractivity contribution in [3.05, 3.63) is 40.8 Å². The maximum atomic E-state index is 11.9. The molecule has 1 aliphatic heterocycles. The first-order valence-corrected chi connectivity index (χ1v) is 9.95. The lowest BCUT2D eigenvalue weighted by molar-refractivity contribution is 0.0957. The molecule has 2 N–H and O–H groups in total. The molecule has 0 atom stereocenters. The number of aromatic nitrogens is 2. The van der Waals surface area contributed by atoms with Gasteiger partial charge in [-0.1, -0.05) is 6.07 Å². The van der Waals surface area contributed by atoms with Crippen LogP contribution in [0.1, 0.15) is 16.1 Å². The number of rotatable bonds is 6. The first-order valence-electron chi connectivity index (χ1n) is 9.07. The van der Waals surface area contributed by atoms with Crippen molar-refractivity contribution >= 4 is 53.1 Å². The number of aliphatic imine (C=N–C) groups is 1. The van der Waals surface area contributed by atoms with Crippen LogP contribution in [0, 0.1) is 0 Å². The molecule has 1 aliphatic rings. The lowest BCUT2D eigenvalue weighted by Crippen LogP contribution is -2.53. The van der Waals surface area contributed by atoms with E-state index in [2.05, 4.69) is 35.4 Å². The molecule has 8 nitrogen and oxygen atoms in total. The third-order valence-electron chi connectivity index (χ3n) is 4.29. The van der Waals surface area contributed by atoms with Crippen LogP contribution in [0.5, 0.6) is 0 Å². The molecule has 0 aliphatic carbocycles. The molecule has 152 valence electrons. The molecule has 2 aromatic heterocycles. The Morgan fingerprint density at radius 3 is 2.50 bits per heavy atom. The number of piperazine rings is 1. The Morgan fingerprint density at radius 2 is 1.86 bits per heavy atom. The van der Waals surface area contributed by atoms with Crippen LogP contribution in [-0.4, -0.2) is 73.1 Å². The van der Waals surface area contributed by atoms with Gasteiger partial charge in [-0.25, -0.2) is 9.97 Å². The maximum Gasteiger partial charge on any atom is 0.261 e. The van der Waals surface area contributed by atoms with E-state index in [0.29, 0.717) is 6.54 Å². The molecule has 1 saturated heterocycles. The molecule has 3 rings (SSSR count). The highest BCUT2D eigenvalue weighted by molar-refractivity contribution is 14.0. The van der Waals surface area contributed by atoms with E-state index in [-0.39, 0.29) is 29.9 Å². The van der Waals surface area contributed by atoms with E-state index in [1.165, 1.54) is 11.3 Å². The SMILES string of the molecule is CN=C(NCCCNC(=O)c1cccs1)N1CCN(c2ncccn2)CC1.I. The van der Waals surface area contributed by atoms with Crippen LogP contribution in [-0.2, 0) is 0 Å². The quantitative estimate of drug-likeness (QED) is 0.264. The summed E-state index contributed by atoms with van der Waals surface area (Å²) in [5.41, 5.74) is 0. The minimum absolute atomic E-state index is 0. The summed E-state index contributed by atoms with van der Waals surface area (Å²) in [6.45, 7) is 4.86. The average molecular weight is 515 g/mol. The van der Waals surface area contributed by atoms with E-state index in [1.807, 2.05) is 23.6 Å². The molecule has 0 unspecified atom stereocenters. The normalized spacial score (nSPS) is 14.4. The summed E-state index contributed by atoms with van der Waals surface area (Å²) in [4.78, 5) is 30.1. The van der Waals surface area contributed by atoms with Gasteiger partial charge in [-0.2, -0.15) is 0 Å². The van der Waals surface area contributed by atoms with Gasteiger partial charge in [-0.05, 0) is 23.9 Å². The monoisotopic (exact) mass is 515 g/mol. The van der Waals surface area contributed by atoms with Gasteiger partial charge in [0.2, 0.25) is 5.95 Å². The minimum Gasteiger partial charge on any atom is -0.356 e. The molecular weight excluding hydrogens is 489 g/mol. The van der Waals surface area contributed by atoms with Crippen molar-refractivity contribution < 1.29 is 4.79 Å². The van der Waals surface area contributed by atoms with Crippen LogP contribution in [0.4, 0.5) is 5.95 Å².